The molecule has 5 heteroatoms. The molecule has 0 aromatic heterocycles. The highest BCUT2D eigenvalue weighted by Crippen LogP contribution is 2.17. The van der Waals surface area contributed by atoms with Gasteiger partial charge >= 0.3 is 0 Å². The van der Waals surface area contributed by atoms with Crippen LogP contribution in [-0.2, 0) is 0 Å². The molecule has 0 aliphatic carbocycles. The van der Waals surface area contributed by atoms with Crippen LogP contribution in [0.25, 0.3) is 0 Å². The van der Waals surface area contributed by atoms with Crippen LogP contribution in [-0.4, -0.2) is 16.4 Å². The largest absolute Gasteiger partial charge is 0.348 e. The summed E-state index contributed by atoms with van der Waals surface area (Å²) in [5.41, 5.74) is 0.466. The molecule has 1 N–H and O–H groups in total. The van der Waals surface area contributed by atoms with Gasteiger partial charge in [0.2, 0.25) is 0 Å². The van der Waals surface area contributed by atoms with Gasteiger partial charge in [-0.25, -0.2) is 4.39 Å². The van der Waals surface area contributed by atoms with E-state index in [4.69, 9.17) is 0 Å². The summed E-state index contributed by atoms with van der Waals surface area (Å²) in [5, 5.41) is 2.94. The Morgan fingerprint density at radius 1 is 1.53 bits per heavy atom. The zero-order valence-electron chi connectivity index (χ0n) is 9.64. The minimum atomic E-state index is -0.365. The molecule has 1 aromatic carbocycles. The normalized spacial score (nSPS) is 12.6. The van der Waals surface area contributed by atoms with E-state index in [1.165, 1.54) is 18.2 Å². The van der Waals surface area contributed by atoms with Crippen LogP contribution in [0.1, 0.15) is 24.2 Å². The first-order chi connectivity index (χ1) is 7.95. The lowest BCUT2D eigenvalue weighted by Crippen LogP contribution is -2.39. The van der Waals surface area contributed by atoms with Crippen LogP contribution in [0.2, 0.25) is 0 Å². The Morgan fingerprint density at radius 3 is 2.65 bits per heavy atom. The second-order valence-electron chi connectivity index (χ2n) is 4.11. The molecule has 0 heterocycles. The van der Waals surface area contributed by atoms with Crippen LogP contribution in [0.15, 0.2) is 22.7 Å². The van der Waals surface area contributed by atoms with E-state index < -0.39 is 0 Å². The van der Waals surface area contributed by atoms with Gasteiger partial charge in [-0.3, -0.25) is 4.79 Å². The maximum absolute atomic E-state index is 13.0. The molecule has 0 saturated heterocycles. The second-order valence-corrected chi connectivity index (χ2v) is 5.84. The number of hydrogen-bond acceptors (Lipinski definition) is 1. The van der Waals surface area contributed by atoms with Gasteiger partial charge in [0, 0.05) is 16.0 Å². The predicted molar refractivity (Wildman–Crippen MR) is 79.1 cm³/mol. The van der Waals surface area contributed by atoms with E-state index in [1.807, 2.05) is 0 Å². The summed E-state index contributed by atoms with van der Waals surface area (Å²) < 4.78 is 14.2. The summed E-state index contributed by atoms with van der Waals surface area (Å²) in [6.07, 6.45) is 0. The highest BCUT2D eigenvalue weighted by atomic mass is 127. The third-order valence-corrected chi connectivity index (χ3v) is 4.03. The SMILES string of the molecule is CC(C)C(CI)NC(=O)c1ccc(F)c(Br)c1. The summed E-state index contributed by atoms with van der Waals surface area (Å²) in [4.78, 5) is 11.9. The van der Waals surface area contributed by atoms with Crippen molar-refractivity contribution in [1.29, 1.82) is 0 Å². The molecule has 0 bridgehead atoms. The molecule has 1 aromatic rings. The van der Waals surface area contributed by atoms with Crippen LogP contribution in [0.4, 0.5) is 4.39 Å². The van der Waals surface area contributed by atoms with Crippen LogP contribution in [0.3, 0.4) is 0 Å². The number of nitrogens with one attached hydrogen (secondary N) is 1. The van der Waals surface area contributed by atoms with Crippen molar-refractivity contribution in [3.05, 3.63) is 34.1 Å². The Labute approximate surface area is 123 Å². The topological polar surface area (TPSA) is 29.1 Å². The number of carbonyl (C=O) groups excluding carboxylic acids is 1. The molecule has 0 aliphatic rings. The van der Waals surface area contributed by atoms with Crippen molar-refractivity contribution in [2.45, 2.75) is 19.9 Å². The summed E-state index contributed by atoms with van der Waals surface area (Å²) in [6.45, 7) is 4.12. The molecular weight excluding hydrogens is 400 g/mol. The van der Waals surface area contributed by atoms with Crippen LogP contribution in [0, 0.1) is 11.7 Å². The summed E-state index contributed by atoms with van der Waals surface area (Å²) in [5.74, 6) is -0.156. The monoisotopic (exact) mass is 413 g/mol. The van der Waals surface area contributed by atoms with Crippen molar-refractivity contribution in [1.82, 2.24) is 5.32 Å². The number of amides is 1. The van der Waals surface area contributed by atoms with Gasteiger partial charge in [0.15, 0.2) is 0 Å². The van der Waals surface area contributed by atoms with Gasteiger partial charge in [-0.15, -0.1) is 0 Å². The Hall–Kier alpha value is -0.170. The number of halogens is 3. The average molecular weight is 414 g/mol. The van der Waals surface area contributed by atoms with Gasteiger partial charge in [0.05, 0.1) is 4.47 Å². The fourth-order valence-electron chi connectivity index (χ4n) is 1.27. The number of alkyl halides is 1. The number of benzene rings is 1. The fraction of sp³-hybridized carbons (Fsp3) is 0.417. The number of rotatable bonds is 4. The van der Waals surface area contributed by atoms with Gasteiger partial charge < -0.3 is 5.32 Å². The first-order valence-electron chi connectivity index (χ1n) is 5.27. The third kappa shape index (κ3) is 4.21. The van der Waals surface area contributed by atoms with Crippen molar-refractivity contribution in [2.24, 2.45) is 5.92 Å². The molecular formula is C12H14BrFINO. The molecule has 1 unspecified atom stereocenters. The first-order valence-corrected chi connectivity index (χ1v) is 7.59. The second kappa shape index (κ2) is 6.68. The van der Waals surface area contributed by atoms with Gasteiger partial charge in [-0.1, -0.05) is 36.4 Å². The smallest absolute Gasteiger partial charge is 0.251 e. The molecule has 1 atom stereocenters. The fourth-order valence-corrected chi connectivity index (χ4v) is 2.89. The average Bonchev–Trinajstić information content (AvgIpc) is 2.28. The highest BCUT2D eigenvalue weighted by Gasteiger charge is 2.16. The third-order valence-electron chi connectivity index (χ3n) is 2.47. The van der Waals surface area contributed by atoms with Crippen LogP contribution in [0.5, 0.6) is 0 Å². The quantitative estimate of drug-likeness (QED) is 0.590. The first kappa shape index (κ1) is 14.9. The molecule has 17 heavy (non-hydrogen) atoms. The summed E-state index contributed by atoms with van der Waals surface area (Å²) >= 11 is 5.32. The molecule has 1 amide bonds. The molecule has 2 nitrogen and oxygen atoms in total. The maximum atomic E-state index is 13.0. The molecule has 94 valence electrons. The van der Waals surface area contributed by atoms with Gasteiger partial charge in [0.25, 0.3) is 5.91 Å². The van der Waals surface area contributed by atoms with E-state index in [1.54, 1.807) is 0 Å². The Bertz CT molecular complexity index is 411. The minimum Gasteiger partial charge on any atom is -0.348 e. The van der Waals surface area contributed by atoms with Crippen molar-refractivity contribution in [2.75, 3.05) is 4.43 Å². The molecule has 0 spiro atoms. The lowest BCUT2D eigenvalue weighted by molar-refractivity contribution is 0.0932. The molecule has 0 fully saturated rings. The van der Waals surface area contributed by atoms with E-state index >= 15 is 0 Å². The van der Waals surface area contributed by atoms with E-state index in [2.05, 4.69) is 57.7 Å². The number of hydrogen-bond donors (Lipinski definition) is 1. The van der Waals surface area contributed by atoms with Crippen molar-refractivity contribution >= 4 is 44.4 Å². The Balaban J connectivity index is 2.79. The maximum Gasteiger partial charge on any atom is 0.251 e. The Morgan fingerprint density at radius 2 is 2.18 bits per heavy atom. The van der Waals surface area contributed by atoms with E-state index in [0.29, 0.717) is 16.0 Å². The molecule has 1 rings (SSSR count). The lowest BCUT2D eigenvalue weighted by Gasteiger charge is -2.20. The Kier molecular flexibility index (Phi) is 5.85. The van der Waals surface area contributed by atoms with Gasteiger partial charge in [0.1, 0.15) is 5.82 Å². The molecule has 0 radical (unpaired) electrons. The standard InChI is InChI=1S/C12H14BrFINO/c1-7(2)11(6-15)16-12(17)8-3-4-10(14)9(13)5-8/h3-5,7,11H,6H2,1-2H3,(H,16,17). The van der Waals surface area contributed by atoms with E-state index in [-0.39, 0.29) is 17.8 Å². The van der Waals surface area contributed by atoms with E-state index in [9.17, 15) is 9.18 Å². The highest BCUT2D eigenvalue weighted by molar-refractivity contribution is 14.1. The van der Waals surface area contributed by atoms with Crippen molar-refractivity contribution in [3.63, 3.8) is 0 Å². The zero-order chi connectivity index (χ0) is 13.0. The summed E-state index contributed by atoms with van der Waals surface area (Å²) in [6, 6.07) is 4.40. The lowest BCUT2D eigenvalue weighted by atomic mass is 10.1. The number of carbonyl (C=O) groups is 1. The predicted octanol–water partition coefficient (Wildman–Crippen LogP) is 3.78. The van der Waals surface area contributed by atoms with Crippen LogP contribution < -0.4 is 5.32 Å². The zero-order valence-corrected chi connectivity index (χ0v) is 13.4. The van der Waals surface area contributed by atoms with Crippen molar-refractivity contribution < 1.29 is 9.18 Å². The van der Waals surface area contributed by atoms with Gasteiger partial charge in [-0.05, 0) is 40.0 Å². The van der Waals surface area contributed by atoms with Gasteiger partial charge in [-0.2, -0.15) is 0 Å². The van der Waals surface area contributed by atoms with Crippen LogP contribution >= 0.6 is 38.5 Å². The van der Waals surface area contributed by atoms with E-state index in [0.717, 1.165) is 4.43 Å². The summed E-state index contributed by atoms with van der Waals surface area (Å²) in [7, 11) is 0. The molecule has 0 aliphatic heterocycles. The minimum absolute atomic E-state index is 0.131. The molecule has 0 saturated carbocycles. The van der Waals surface area contributed by atoms with Crippen molar-refractivity contribution in [3.8, 4) is 0 Å².